The third kappa shape index (κ3) is 8.06. The van der Waals surface area contributed by atoms with Gasteiger partial charge in [0.05, 0.1) is 49.8 Å². The molecule has 0 aromatic rings. The molecule has 0 amide bonds. The van der Waals surface area contributed by atoms with E-state index >= 15 is 0 Å². The van der Waals surface area contributed by atoms with Crippen molar-refractivity contribution in [3.8, 4) is 0 Å². The van der Waals surface area contributed by atoms with E-state index < -0.39 is 5.67 Å². The Balaban J connectivity index is 1.62. The maximum atomic E-state index is 14.8. The van der Waals surface area contributed by atoms with Crippen molar-refractivity contribution in [2.75, 3.05) is 39.5 Å². The number of piperidine rings is 1. The Morgan fingerprint density at radius 1 is 1.10 bits per heavy atom. The molecule has 4 atom stereocenters. The Kier molecular flexibility index (Phi) is 9.35. The van der Waals surface area contributed by atoms with Crippen LogP contribution < -0.4 is 0 Å². The van der Waals surface area contributed by atoms with Crippen LogP contribution in [0.4, 0.5) is 4.39 Å². The minimum Gasteiger partial charge on any atom is -0.376 e. The monoisotopic (exact) mass is 417 g/mol. The number of rotatable bonds is 12. The van der Waals surface area contributed by atoms with Crippen LogP contribution in [-0.4, -0.2) is 80.0 Å². The smallest absolute Gasteiger partial charge is 0.144 e. The predicted molar refractivity (Wildman–Crippen MR) is 114 cm³/mol. The van der Waals surface area contributed by atoms with Gasteiger partial charge >= 0.3 is 0 Å². The van der Waals surface area contributed by atoms with Gasteiger partial charge in [0, 0.05) is 32.0 Å². The Hall–Kier alpha value is -0.270. The van der Waals surface area contributed by atoms with Crippen molar-refractivity contribution in [3.05, 3.63) is 0 Å². The molecule has 6 heteroatoms. The number of ether oxygens (including phenoxy) is 4. The number of hydrogen-bond donors (Lipinski definition) is 0. The number of hydrogen-bond acceptors (Lipinski definition) is 5. The van der Waals surface area contributed by atoms with Crippen LogP contribution in [0.5, 0.6) is 0 Å². The summed E-state index contributed by atoms with van der Waals surface area (Å²) in [6, 6.07) is 0. The van der Waals surface area contributed by atoms with Crippen LogP contribution in [0.25, 0.3) is 0 Å². The molecule has 0 aromatic carbocycles. The van der Waals surface area contributed by atoms with Gasteiger partial charge in [-0.15, -0.1) is 0 Å². The van der Waals surface area contributed by atoms with Crippen molar-refractivity contribution in [3.63, 3.8) is 0 Å². The van der Waals surface area contributed by atoms with E-state index in [0.29, 0.717) is 25.7 Å². The van der Waals surface area contributed by atoms with Crippen LogP contribution in [0.2, 0.25) is 0 Å². The summed E-state index contributed by atoms with van der Waals surface area (Å²) in [5, 5.41) is 0. The fourth-order valence-electron chi connectivity index (χ4n) is 4.44. The number of alkyl halides is 1. The summed E-state index contributed by atoms with van der Waals surface area (Å²) in [5.41, 5.74) is -1.40. The minimum atomic E-state index is -1.34. The topological polar surface area (TPSA) is 40.2 Å². The van der Waals surface area contributed by atoms with Crippen molar-refractivity contribution in [1.82, 2.24) is 4.90 Å². The summed E-state index contributed by atoms with van der Waals surface area (Å²) in [7, 11) is 0. The molecule has 0 radical (unpaired) electrons. The van der Waals surface area contributed by atoms with Gasteiger partial charge in [0.2, 0.25) is 0 Å². The highest BCUT2D eigenvalue weighted by atomic mass is 19.1. The molecule has 2 rings (SSSR count). The van der Waals surface area contributed by atoms with E-state index in [1.54, 1.807) is 6.92 Å². The van der Waals surface area contributed by atoms with Crippen molar-refractivity contribution in [2.24, 2.45) is 5.92 Å². The molecular formula is C23H44FNO4. The summed E-state index contributed by atoms with van der Waals surface area (Å²) >= 11 is 0. The van der Waals surface area contributed by atoms with Gasteiger partial charge in [0.1, 0.15) is 5.67 Å². The highest BCUT2D eigenvalue weighted by Gasteiger charge is 2.51. The molecule has 1 heterocycles. The summed E-state index contributed by atoms with van der Waals surface area (Å²) in [5.74, 6) is 0.411. The molecule has 2 unspecified atom stereocenters. The van der Waals surface area contributed by atoms with Crippen LogP contribution in [0, 0.1) is 5.92 Å². The Bertz CT molecular complexity index is 479. The van der Waals surface area contributed by atoms with Crippen molar-refractivity contribution >= 4 is 0 Å². The summed E-state index contributed by atoms with van der Waals surface area (Å²) in [6.07, 6.45) is 3.87. The van der Waals surface area contributed by atoms with E-state index in [2.05, 4.69) is 32.6 Å². The molecule has 2 aliphatic rings. The minimum absolute atomic E-state index is 0.0597. The lowest BCUT2D eigenvalue weighted by molar-refractivity contribution is -0.235. The normalized spacial score (nSPS) is 31.2. The maximum Gasteiger partial charge on any atom is 0.144 e. The summed E-state index contributed by atoms with van der Waals surface area (Å²) in [4.78, 5) is 2.20. The molecule has 1 saturated carbocycles. The zero-order valence-electron chi connectivity index (χ0n) is 19.7. The largest absolute Gasteiger partial charge is 0.376 e. The first kappa shape index (κ1) is 25.0. The van der Waals surface area contributed by atoms with Crippen LogP contribution in [0.1, 0.15) is 67.7 Å². The molecule has 1 aliphatic carbocycles. The van der Waals surface area contributed by atoms with E-state index in [9.17, 15) is 4.39 Å². The van der Waals surface area contributed by atoms with E-state index in [1.807, 2.05) is 13.8 Å². The maximum absolute atomic E-state index is 14.8. The second-order valence-electron chi connectivity index (χ2n) is 10.0. The van der Waals surface area contributed by atoms with Gasteiger partial charge < -0.3 is 18.9 Å². The van der Waals surface area contributed by atoms with E-state index in [1.165, 1.54) is 0 Å². The molecule has 5 nitrogen and oxygen atoms in total. The van der Waals surface area contributed by atoms with Crippen LogP contribution in [0.15, 0.2) is 0 Å². The summed E-state index contributed by atoms with van der Waals surface area (Å²) < 4.78 is 38.2. The lowest BCUT2D eigenvalue weighted by Crippen LogP contribution is -2.58. The van der Waals surface area contributed by atoms with Crippen LogP contribution in [0.3, 0.4) is 0 Å². The molecule has 29 heavy (non-hydrogen) atoms. The Morgan fingerprint density at radius 2 is 1.76 bits per heavy atom. The molecule has 2 fully saturated rings. The van der Waals surface area contributed by atoms with Crippen molar-refractivity contribution in [1.29, 1.82) is 0 Å². The predicted octanol–water partition coefficient (Wildman–Crippen LogP) is 4.23. The van der Waals surface area contributed by atoms with Gasteiger partial charge in [-0.3, -0.25) is 4.90 Å². The van der Waals surface area contributed by atoms with Gasteiger partial charge in [-0.25, -0.2) is 4.39 Å². The van der Waals surface area contributed by atoms with Gasteiger partial charge in [-0.05, 0) is 54.4 Å². The average Bonchev–Trinajstić information content (AvgIpc) is 2.61. The summed E-state index contributed by atoms with van der Waals surface area (Å²) in [6.45, 7) is 17.4. The number of halogens is 1. The first-order valence-electron chi connectivity index (χ1n) is 11.4. The number of nitrogens with zero attached hydrogens (tertiary/aromatic N) is 1. The highest BCUT2D eigenvalue weighted by Crippen LogP contribution is 2.45. The molecule has 1 saturated heterocycles. The number of likely N-dealkylation sites (tertiary alicyclic amines) is 1. The lowest BCUT2D eigenvalue weighted by Gasteiger charge is -2.53. The Morgan fingerprint density at radius 3 is 2.31 bits per heavy atom. The third-order valence-electron chi connectivity index (χ3n) is 6.17. The quantitative estimate of drug-likeness (QED) is 0.445. The van der Waals surface area contributed by atoms with Crippen molar-refractivity contribution < 1.29 is 23.3 Å². The van der Waals surface area contributed by atoms with Gasteiger partial charge in [-0.2, -0.15) is 0 Å². The van der Waals surface area contributed by atoms with Crippen LogP contribution >= 0.6 is 0 Å². The molecule has 0 aromatic heterocycles. The van der Waals surface area contributed by atoms with Crippen molar-refractivity contribution in [2.45, 2.75) is 103 Å². The molecule has 0 bridgehead atoms. The molecule has 172 valence electrons. The molecular weight excluding hydrogens is 373 g/mol. The van der Waals surface area contributed by atoms with E-state index in [4.69, 9.17) is 18.9 Å². The molecule has 1 aliphatic heterocycles. The molecule has 0 spiro atoms. The van der Waals surface area contributed by atoms with Crippen LogP contribution in [-0.2, 0) is 18.9 Å². The Labute approximate surface area is 177 Å². The molecule has 0 N–H and O–H groups in total. The first-order chi connectivity index (χ1) is 13.5. The zero-order chi connectivity index (χ0) is 21.7. The first-order valence-corrected chi connectivity index (χ1v) is 11.4. The fraction of sp³-hybridized carbons (Fsp3) is 1.00. The lowest BCUT2D eigenvalue weighted by atomic mass is 9.68. The third-order valence-corrected chi connectivity index (χ3v) is 6.17. The fourth-order valence-corrected chi connectivity index (χ4v) is 4.44. The second-order valence-corrected chi connectivity index (χ2v) is 10.0. The van der Waals surface area contributed by atoms with Gasteiger partial charge in [-0.1, -0.05) is 6.92 Å². The average molecular weight is 418 g/mol. The standard InChI is InChI=1S/C23H44FNO4/c1-17(2)27-13-12-26-16-22(6,24)15-25-10-8-20(9-11-25)28-21-14-23(7,19(21)5)29-18(3)4/h17-21H,8-16H2,1-7H3/t19-,21?,22?,23-/m0/s1. The highest BCUT2D eigenvalue weighted by molar-refractivity contribution is 5.00. The SMILES string of the molecule is CC(C)OCCOCC(C)(F)CN1CCC(OC2C[C@](C)(OC(C)C)[C@H]2C)CC1. The van der Waals surface area contributed by atoms with E-state index in [0.717, 1.165) is 32.4 Å². The second kappa shape index (κ2) is 10.9. The van der Waals surface area contributed by atoms with E-state index in [-0.39, 0.29) is 36.6 Å². The van der Waals surface area contributed by atoms with Gasteiger partial charge in [0.15, 0.2) is 0 Å². The van der Waals surface area contributed by atoms with Gasteiger partial charge in [0.25, 0.3) is 0 Å². The zero-order valence-corrected chi connectivity index (χ0v) is 19.7.